The molecule has 3 rings (SSSR count). The first-order valence-electron chi connectivity index (χ1n) is 8.58. The van der Waals surface area contributed by atoms with Gasteiger partial charge in [0.2, 0.25) is 0 Å². The standard InChI is InChI=1S/C20H22N4O3/c1-13(2)18-19(22-21-14-5-9-16(26-3)10-6-14)20(25)24(23-18)15-7-11-17(27-4)12-8-15/h5-13,23H,1-4H3. The lowest BCUT2D eigenvalue weighted by Crippen LogP contribution is -2.13. The molecule has 1 aromatic heterocycles. The normalized spacial score (nSPS) is 11.3. The van der Waals surface area contributed by atoms with Crippen LogP contribution in [-0.2, 0) is 0 Å². The molecular formula is C20H22N4O3. The Morgan fingerprint density at radius 3 is 1.96 bits per heavy atom. The number of hydrogen-bond donors (Lipinski definition) is 1. The van der Waals surface area contributed by atoms with Crippen molar-refractivity contribution in [3.05, 3.63) is 64.6 Å². The minimum atomic E-state index is -0.249. The smallest absolute Gasteiger partial charge is 0.299 e. The third-order valence-electron chi connectivity index (χ3n) is 4.14. The molecule has 0 atom stereocenters. The Morgan fingerprint density at radius 1 is 0.889 bits per heavy atom. The van der Waals surface area contributed by atoms with Crippen LogP contribution in [0.1, 0.15) is 25.5 Å². The molecule has 2 aromatic carbocycles. The van der Waals surface area contributed by atoms with E-state index in [1.165, 1.54) is 4.68 Å². The molecule has 0 fully saturated rings. The van der Waals surface area contributed by atoms with Crippen molar-refractivity contribution in [2.75, 3.05) is 14.2 Å². The summed E-state index contributed by atoms with van der Waals surface area (Å²) in [4.78, 5) is 12.9. The molecule has 0 saturated heterocycles. The fraction of sp³-hybridized carbons (Fsp3) is 0.250. The summed E-state index contributed by atoms with van der Waals surface area (Å²) in [6.45, 7) is 3.99. The Bertz CT molecular complexity index is 984. The van der Waals surface area contributed by atoms with Crippen LogP contribution in [0.2, 0.25) is 0 Å². The fourth-order valence-corrected chi connectivity index (χ4v) is 2.61. The molecule has 0 aliphatic heterocycles. The topological polar surface area (TPSA) is 81.0 Å². The Kier molecular flexibility index (Phi) is 5.40. The Balaban J connectivity index is 1.99. The maximum Gasteiger partial charge on any atom is 0.299 e. The molecule has 0 amide bonds. The lowest BCUT2D eigenvalue weighted by atomic mass is 10.1. The second kappa shape index (κ2) is 7.90. The van der Waals surface area contributed by atoms with Crippen LogP contribution >= 0.6 is 0 Å². The summed E-state index contributed by atoms with van der Waals surface area (Å²) in [5, 5.41) is 11.6. The number of ether oxygens (including phenoxy) is 2. The first-order valence-corrected chi connectivity index (χ1v) is 8.58. The third-order valence-corrected chi connectivity index (χ3v) is 4.14. The van der Waals surface area contributed by atoms with Gasteiger partial charge in [-0.05, 0) is 54.4 Å². The first kappa shape index (κ1) is 18.4. The van der Waals surface area contributed by atoms with E-state index in [2.05, 4.69) is 15.3 Å². The molecule has 0 spiro atoms. The van der Waals surface area contributed by atoms with Gasteiger partial charge in [0, 0.05) is 0 Å². The molecule has 7 heteroatoms. The Labute approximate surface area is 157 Å². The van der Waals surface area contributed by atoms with Crippen LogP contribution in [0.25, 0.3) is 5.69 Å². The third kappa shape index (κ3) is 3.92. The minimum absolute atomic E-state index is 0.0852. The van der Waals surface area contributed by atoms with Gasteiger partial charge < -0.3 is 9.47 Å². The zero-order valence-electron chi connectivity index (χ0n) is 15.8. The minimum Gasteiger partial charge on any atom is -0.497 e. The maximum atomic E-state index is 12.9. The maximum absolute atomic E-state index is 12.9. The number of hydrogen-bond acceptors (Lipinski definition) is 5. The molecule has 1 heterocycles. The Hall–Kier alpha value is -3.35. The van der Waals surface area contributed by atoms with Crippen molar-refractivity contribution in [1.29, 1.82) is 0 Å². The number of aromatic nitrogens is 2. The van der Waals surface area contributed by atoms with E-state index in [-0.39, 0.29) is 11.5 Å². The van der Waals surface area contributed by atoms with E-state index < -0.39 is 0 Å². The van der Waals surface area contributed by atoms with Gasteiger partial charge in [0.1, 0.15) is 11.5 Å². The summed E-state index contributed by atoms with van der Waals surface area (Å²) >= 11 is 0. The quantitative estimate of drug-likeness (QED) is 0.641. The monoisotopic (exact) mass is 366 g/mol. The van der Waals surface area contributed by atoms with Gasteiger partial charge in [0.15, 0.2) is 5.69 Å². The molecule has 0 aliphatic carbocycles. The molecule has 140 valence electrons. The second-order valence-electron chi connectivity index (χ2n) is 6.27. The molecule has 3 aromatic rings. The molecule has 27 heavy (non-hydrogen) atoms. The lowest BCUT2D eigenvalue weighted by Gasteiger charge is -2.04. The number of H-pyrrole nitrogens is 1. The molecule has 0 bridgehead atoms. The zero-order valence-corrected chi connectivity index (χ0v) is 15.8. The van der Waals surface area contributed by atoms with Gasteiger partial charge >= 0.3 is 0 Å². The van der Waals surface area contributed by atoms with Gasteiger partial charge in [0.25, 0.3) is 5.56 Å². The summed E-state index contributed by atoms with van der Waals surface area (Å²) < 4.78 is 11.8. The molecule has 0 radical (unpaired) electrons. The van der Waals surface area contributed by atoms with Crippen molar-refractivity contribution in [3.63, 3.8) is 0 Å². The van der Waals surface area contributed by atoms with E-state index in [1.54, 1.807) is 50.6 Å². The van der Waals surface area contributed by atoms with Gasteiger partial charge in [-0.15, -0.1) is 5.11 Å². The number of nitrogens with zero attached hydrogens (tertiary/aromatic N) is 3. The molecule has 0 saturated carbocycles. The predicted molar refractivity (Wildman–Crippen MR) is 104 cm³/mol. The summed E-state index contributed by atoms with van der Waals surface area (Å²) in [7, 11) is 3.21. The first-order chi connectivity index (χ1) is 13.0. The van der Waals surface area contributed by atoms with Crippen molar-refractivity contribution in [1.82, 2.24) is 9.78 Å². The van der Waals surface area contributed by atoms with Crippen LogP contribution in [0, 0.1) is 0 Å². The predicted octanol–water partition coefficient (Wildman–Crippen LogP) is 4.72. The molecule has 7 nitrogen and oxygen atoms in total. The van der Waals surface area contributed by atoms with Gasteiger partial charge in [-0.3, -0.25) is 9.89 Å². The highest BCUT2D eigenvalue weighted by atomic mass is 16.5. The lowest BCUT2D eigenvalue weighted by molar-refractivity contribution is 0.414. The van der Waals surface area contributed by atoms with Gasteiger partial charge in [-0.2, -0.15) is 5.11 Å². The van der Waals surface area contributed by atoms with Gasteiger partial charge in [0.05, 0.1) is 31.3 Å². The largest absolute Gasteiger partial charge is 0.497 e. The molecule has 1 N–H and O–H groups in total. The van der Waals surface area contributed by atoms with Crippen LogP contribution in [-0.4, -0.2) is 24.0 Å². The van der Waals surface area contributed by atoms with E-state index in [0.29, 0.717) is 17.1 Å². The summed E-state index contributed by atoms with van der Waals surface area (Å²) in [6.07, 6.45) is 0. The van der Waals surface area contributed by atoms with E-state index in [4.69, 9.17) is 9.47 Å². The van der Waals surface area contributed by atoms with Crippen LogP contribution in [0.5, 0.6) is 11.5 Å². The van der Waals surface area contributed by atoms with Crippen LogP contribution in [0.15, 0.2) is 63.6 Å². The fourth-order valence-electron chi connectivity index (χ4n) is 2.61. The SMILES string of the molecule is COc1ccc(N=Nc2c(C(C)C)[nH]n(-c3ccc(OC)cc3)c2=O)cc1. The van der Waals surface area contributed by atoms with Crippen molar-refractivity contribution in [3.8, 4) is 17.2 Å². The average Bonchev–Trinajstić information content (AvgIpc) is 3.03. The number of azo groups is 1. The van der Waals surface area contributed by atoms with E-state index in [1.807, 2.05) is 26.0 Å². The number of methoxy groups -OCH3 is 2. The molecular weight excluding hydrogens is 344 g/mol. The number of nitrogens with one attached hydrogen (secondary N) is 1. The number of rotatable bonds is 6. The van der Waals surface area contributed by atoms with Crippen LogP contribution in [0.3, 0.4) is 0 Å². The highest BCUT2D eigenvalue weighted by Crippen LogP contribution is 2.26. The summed E-state index contributed by atoms with van der Waals surface area (Å²) in [6, 6.07) is 14.4. The van der Waals surface area contributed by atoms with E-state index in [9.17, 15) is 4.79 Å². The molecule has 0 aliphatic rings. The number of benzene rings is 2. The van der Waals surface area contributed by atoms with Crippen molar-refractivity contribution in [2.45, 2.75) is 19.8 Å². The average molecular weight is 366 g/mol. The van der Waals surface area contributed by atoms with Gasteiger partial charge in [-0.1, -0.05) is 13.8 Å². The second-order valence-corrected chi connectivity index (χ2v) is 6.27. The van der Waals surface area contributed by atoms with E-state index in [0.717, 1.165) is 17.2 Å². The Morgan fingerprint density at radius 2 is 1.44 bits per heavy atom. The zero-order chi connectivity index (χ0) is 19.4. The summed E-state index contributed by atoms with van der Waals surface area (Å²) in [5.74, 6) is 1.55. The highest BCUT2D eigenvalue weighted by Gasteiger charge is 2.17. The summed E-state index contributed by atoms with van der Waals surface area (Å²) in [5.41, 5.74) is 2.13. The highest BCUT2D eigenvalue weighted by molar-refractivity contribution is 5.47. The van der Waals surface area contributed by atoms with Crippen molar-refractivity contribution in [2.24, 2.45) is 10.2 Å². The van der Waals surface area contributed by atoms with Crippen molar-refractivity contribution >= 4 is 11.4 Å². The van der Waals surface area contributed by atoms with Crippen LogP contribution < -0.4 is 15.0 Å². The molecule has 0 unspecified atom stereocenters. The van der Waals surface area contributed by atoms with Crippen LogP contribution in [0.4, 0.5) is 11.4 Å². The number of aromatic amines is 1. The van der Waals surface area contributed by atoms with Crippen molar-refractivity contribution < 1.29 is 9.47 Å². The van der Waals surface area contributed by atoms with Gasteiger partial charge in [-0.25, -0.2) is 4.68 Å². The van der Waals surface area contributed by atoms with E-state index >= 15 is 0 Å².